The molecule has 1 N–H and O–H groups in total. The quantitative estimate of drug-likeness (QED) is 0.710. The van der Waals surface area contributed by atoms with E-state index in [0.717, 1.165) is 12.0 Å². The number of amides is 2. The van der Waals surface area contributed by atoms with Crippen molar-refractivity contribution in [1.29, 1.82) is 0 Å². The van der Waals surface area contributed by atoms with Crippen molar-refractivity contribution in [2.45, 2.75) is 52.2 Å². The van der Waals surface area contributed by atoms with Crippen LogP contribution in [0.2, 0.25) is 5.02 Å². The van der Waals surface area contributed by atoms with Gasteiger partial charge in [-0.05, 0) is 49.6 Å². The molecule has 28 heavy (non-hydrogen) atoms. The lowest BCUT2D eigenvalue weighted by Crippen LogP contribution is -2.50. The Morgan fingerprint density at radius 1 is 1.14 bits per heavy atom. The van der Waals surface area contributed by atoms with Gasteiger partial charge in [0.2, 0.25) is 11.8 Å². The maximum absolute atomic E-state index is 14.0. The van der Waals surface area contributed by atoms with E-state index in [4.69, 9.17) is 11.6 Å². The standard InChI is InChI=1S/C22H26ClFN2O2/c1-4-15(2)25-22(28)16(3)26(14-17-8-7-10-19(23)12-17)21(27)13-18-9-5-6-11-20(18)24/h5-12,15-16H,4,13-14H2,1-3H3,(H,25,28)/t15-,16-/m1/s1. The first kappa shape index (κ1) is 21.9. The summed E-state index contributed by atoms with van der Waals surface area (Å²) in [6.45, 7) is 5.78. The van der Waals surface area contributed by atoms with Gasteiger partial charge >= 0.3 is 0 Å². The van der Waals surface area contributed by atoms with E-state index >= 15 is 0 Å². The molecule has 0 radical (unpaired) electrons. The molecule has 0 bridgehead atoms. The predicted octanol–water partition coefficient (Wildman–Crippen LogP) is 4.35. The Labute approximate surface area is 170 Å². The highest BCUT2D eigenvalue weighted by atomic mass is 35.5. The average Bonchev–Trinajstić information content (AvgIpc) is 2.67. The molecule has 0 spiro atoms. The maximum Gasteiger partial charge on any atom is 0.242 e. The van der Waals surface area contributed by atoms with E-state index in [9.17, 15) is 14.0 Å². The van der Waals surface area contributed by atoms with Crippen LogP contribution in [0.25, 0.3) is 0 Å². The van der Waals surface area contributed by atoms with Gasteiger partial charge in [-0.15, -0.1) is 0 Å². The van der Waals surface area contributed by atoms with E-state index in [2.05, 4.69) is 5.32 Å². The van der Waals surface area contributed by atoms with Crippen molar-refractivity contribution >= 4 is 23.4 Å². The van der Waals surface area contributed by atoms with Gasteiger partial charge in [0.05, 0.1) is 6.42 Å². The predicted molar refractivity (Wildman–Crippen MR) is 109 cm³/mol. The zero-order valence-corrected chi connectivity index (χ0v) is 17.2. The van der Waals surface area contributed by atoms with Gasteiger partial charge < -0.3 is 10.2 Å². The number of hydrogen-bond acceptors (Lipinski definition) is 2. The average molecular weight is 405 g/mol. The fourth-order valence-electron chi connectivity index (χ4n) is 2.79. The molecule has 0 unspecified atom stereocenters. The Bertz CT molecular complexity index is 828. The van der Waals surface area contributed by atoms with Gasteiger partial charge in [-0.1, -0.05) is 48.9 Å². The van der Waals surface area contributed by atoms with E-state index in [1.165, 1.54) is 11.0 Å². The molecular weight excluding hydrogens is 379 g/mol. The number of nitrogens with zero attached hydrogens (tertiary/aromatic N) is 1. The number of halogens is 2. The zero-order valence-electron chi connectivity index (χ0n) is 16.4. The lowest BCUT2D eigenvalue weighted by Gasteiger charge is -2.30. The van der Waals surface area contributed by atoms with Crippen molar-refractivity contribution in [2.75, 3.05) is 0 Å². The number of nitrogens with one attached hydrogen (secondary N) is 1. The topological polar surface area (TPSA) is 49.4 Å². The largest absolute Gasteiger partial charge is 0.352 e. The van der Waals surface area contributed by atoms with Gasteiger partial charge in [0, 0.05) is 17.6 Å². The minimum atomic E-state index is -0.702. The van der Waals surface area contributed by atoms with Crippen LogP contribution in [0, 0.1) is 5.82 Å². The second-order valence-electron chi connectivity index (χ2n) is 6.91. The smallest absolute Gasteiger partial charge is 0.242 e. The number of carbonyl (C=O) groups excluding carboxylic acids is 2. The zero-order chi connectivity index (χ0) is 20.7. The van der Waals surface area contributed by atoms with Gasteiger partial charge in [0.25, 0.3) is 0 Å². The van der Waals surface area contributed by atoms with Crippen LogP contribution in [0.15, 0.2) is 48.5 Å². The molecular formula is C22H26ClFN2O2. The Balaban J connectivity index is 2.25. The first-order chi connectivity index (χ1) is 13.3. The number of benzene rings is 2. The van der Waals surface area contributed by atoms with E-state index in [-0.39, 0.29) is 30.8 Å². The highest BCUT2D eigenvalue weighted by Gasteiger charge is 2.27. The summed E-state index contributed by atoms with van der Waals surface area (Å²) in [4.78, 5) is 27.1. The van der Waals surface area contributed by atoms with Crippen molar-refractivity contribution in [1.82, 2.24) is 10.2 Å². The Kier molecular flexibility index (Phi) is 8.00. The summed E-state index contributed by atoms with van der Waals surface area (Å²) < 4.78 is 14.0. The van der Waals surface area contributed by atoms with Gasteiger partial charge in [-0.25, -0.2) is 4.39 Å². The van der Waals surface area contributed by atoms with E-state index in [1.54, 1.807) is 43.3 Å². The molecule has 0 saturated carbocycles. The van der Waals surface area contributed by atoms with Crippen molar-refractivity contribution in [3.05, 3.63) is 70.5 Å². The Hall–Kier alpha value is -2.40. The Morgan fingerprint density at radius 3 is 2.50 bits per heavy atom. The van der Waals surface area contributed by atoms with Crippen LogP contribution >= 0.6 is 11.6 Å². The summed E-state index contributed by atoms with van der Waals surface area (Å²) in [5.41, 5.74) is 1.11. The summed E-state index contributed by atoms with van der Waals surface area (Å²) in [6.07, 6.45) is 0.671. The van der Waals surface area contributed by atoms with Crippen molar-refractivity contribution in [3.63, 3.8) is 0 Å². The van der Waals surface area contributed by atoms with Gasteiger partial charge in [0.15, 0.2) is 0 Å². The minimum Gasteiger partial charge on any atom is -0.352 e. The van der Waals surface area contributed by atoms with Crippen LogP contribution in [0.1, 0.15) is 38.3 Å². The van der Waals surface area contributed by atoms with Gasteiger partial charge in [-0.3, -0.25) is 9.59 Å². The second kappa shape index (κ2) is 10.2. The lowest BCUT2D eigenvalue weighted by atomic mass is 10.1. The normalized spacial score (nSPS) is 12.9. The summed E-state index contributed by atoms with van der Waals surface area (Å²) in [5.74, 6) is -0.995. The molecule has 2 aromatic rings. The first-order valence-corrected chi connectivity index (χ1v) is 9.77. The Morgan fingerprint density at radius 2 is 1.86 bits per heavy atom. The molecule has 4 nitrogen and oxygen atoms in total. The number of carbonyl (C=O) groups is 2. The van der Waals surface area contributed by atoms with Gasteiger partial charge in [0.1, 0.15) is 11.9 Å². The third-order valence-electron chi connectivity index (χ3n) is 4.71. The van der Waals surface area contributed by atoms with Crippen molar-refractivity contribution in [3.8, 4) is 0 Å². The van der Waals surface area contributed by atoms with E-state index in [0.29, 0.717) is 10.6 Å². The molecule has 2 atom stereocenters. The fraction of sp³-hybridized carbons (Fsp3) is 0.364. The highest BCUT2D eigenvalue weighted by Crippen LogP contribution is 2.17. The molecule has 0 aliphatic carbocycles. The van der Waals surface area contributed by atoms with Crippen LogP contribution in [0.3, 0.4) is 0 Å². The van der Waals surface area contributed by atoms with Crippen molar-refractivity contribution < 1.29 is 14.0 Å². The van der Waals surface area contributed by atoms with Crippen LogP contribution in [-0.4, -0.2) is 28.8 Å². The number of hydrogen-bond donors (Lipinski definition) is 1. The van der Waals surface area contributed by atoms with Crippen LogP contribution in [0.4, 0.5) is 4.39 Å². The summed E-state index contributed by atoms with van der Waals surface area (Å²) in [6, 6.07) is 12.6. The molecule has 0 aliphatic heterocycles. The molecule has 0 aromatic heterocycles. The van der Waals surface area contributed by atoms with Crippen LogP contribution in [-0.2, 0) is 22.6 Å². The SMILES string of the molecule is CC[C@@H](C)NC(=O)[C@@H](C)N(Cc1cccc(Cl)c1)C(=O)Cc1ccccc1F. The lowest BCUT2D eigenvalue weighted by molar-refractivity contribution is -0.140. The van der Waals surface area contributed by atoms with Crippen molar-refractivity contribution in [2.24, 2.45) is 0 Å². The molecule has 2 aromatic carbocycles. The molecule has 0 saturated heterocycles. The maximum atomic E-state index is 14.0. The molecule has 2 amide bonds. The summed E-state index contributed by atoms with van der Waals surface area (Å²) in [5, 5.41) is 3.46. The molecule has 0 fully saturated rings. The second-order valence-corrected chi connectivity index (χ2v) is 7.35. The fourth-order valence-corrected chi connectivity index (χ4v) is 3.00. The van der Waals surface area contributed by atoms with Gasteiger partial charge in [-0.2, -0.15) is 0 Å². The van der Waals surface area contributed by atoms with E-state index in [1.807, 2.05) is 19.9 Å². The minimum absolute atomic E-state index is 0.00430. The number of rotatable bonds is 8. The molecule has 0 heterocycles. The van der Waals surface area contributed by atoms with E-state index < -0.39 is 11.9 Å². The first-order valence-electron chi connectivity index (χ1n) is 9.39. The molecule has 6 heteroatoms. The van der Waals surface area contributed by atoms with Crippen LogP contribution < -0.4 is 5.32 Å². The molecule has 150 valence electrons. The monoisotopic (exact) mass is 404 g/mol. The summed E-state index contributed by atoms with van der Waals surface area (Å²) in [7, 11) is 0. The van der Waals surface area contributed by atoms with Crippen LogP contribution in [0.5, 0.6) is 0 Å². The third-order valence-corrected chi connectivity index (χ3v) is 4.94. The summed E-state index contributed by atoms with van der Waals surface area (Å²) >= 11 is 6.06. The molecule has 0 aliphatic rings. The highest BCUT2D eigenvalue weighted by molar-refractivity contribution is 6.30. The molecule has 2 rings (SSSR count). The third kappa shape index (κ3) is 6.06.